The Morgan fingerprint density at radius 1 is 1.00 bits per heavy atom. The fourth-order valence-electron chi connectivity index (χ4n) is 0.900. The molecule has 0 aliphatic carbocycles. The minimum atomic E-state index is 0.520. The summed E-state index contributed by atoms with van der Waals surface area (Å²) < 4.78 is 0. The molecule has 2 heteroatoms. The van der Waals surface area contributed by atoms with Crippen LogP contribution in [-0.4, -0.2) is 19.3 Å². The summed E-state index contributed by atoms with van der Waals surface area (Å²) in [5.41, 5.74) is 0. The van der Waals surface area contributed by atoms with Crippen LogP contribution in [-0.2, 0) is 0 Å². The van der Waals surface area contributed by atoms with E-state index in [2.05, 4.69) is 24.5 Å². The van der Waals surface area contributed by atoms with Gasteiger partial charge in [-0.05, 0) is 12.8 Å². The highest BCUT2D eigenvalue weighted by molar-refractivity contribution is 4.70. The molecular weight excluding hydrogens is 124 g/mol. The van der Waals surface area contributed by atoms with Gasteiger partial charge in [0.2, 0.25) is 0 Å². The van der Waals surface area contributed by atoms with Crippen LogP contribution in [0.5, 0.6) is 0 Å². The van der Waals surface area contributed by atoms with Crippen molar-refractivity contribution in [3.8, 4) is 0 Å². The van der Waals surface area contributed by atoms with Crippen molar-refractivity contribution in [2.45, 2.75) is 33.9 Å². The molecule has 1 fully saturated rings. The minimum Gasteiger partial charge on any atom is -0.302 e. The van der Waals surface area contributed by atoms with Gasteiger partial charge in [0.25, 0.3) is 0 Å². The van der Waals surface area contributed by atoms with Gasteiger partial charge in [0.1, 0.15) is 0 Å². The van der Waals surface area contributed by atoms with E-state index in [9.17, 15) is 0 Å². The van der Waals surface area contributed by atoms with Crippen molar-refractivity contribution in [1.29, 1.82) is 0 Å². The average Bonchev–Trinajstić information content (AvgIpc) is 2.00. The van der Waals surface area contributed by atoms with E-state index in [1.807, 2.05) is 13.8 Å². The lowest BCUT2D eigenvalue weighted by molar-refractivity contribution is 0.325. The Kier molecular flexibility index (Phi) is 5.64. The predicted octanol–water partition coefficient (Wildman–Crippen LogP) is 1.19. The Labute approximate surface area is 64.4 Å². The SMILES string of the molecule is CC.CC1CNC(C)NC1. The van der Waals surface area contributed by atoms with E-state index in [4.69, 9.17) is 0 Å². The van der Waals surface area contributed by atoms with Crippen LogP contribution >= 0.6 is 0 Å². The zero-order valence-corrected chi connectivity index (χ0v) is 7.57. The molecule has 1 saturated heterocycles. The molecule has 0 aromatic rings. The Bertz CT molecular complexity index is 55.7. The first kappa shape index (κ1) is 9.92. The maximum Gasteiger partial charge on any atom is 0.0542 e. The van der Waals surface area contributed by atoms with E-state index in [0.717, 1.165) is 19.0 Å². The van der Waals surface area contributed by atoms with Crippen LogP contribution in [0.4, 0.5) is 0 Å². The molecule has 10 heavy (non-hydrogen) atoms. The Hall–Kier alpha value is -0.0800. The highest BCUT2D eigenvalue weighted by atomic mass is 15.1. The van der Waals surface area contributed by atoms with E-state index >= 15 is 0 Å². The molecule has 0 aromatic carbocycles. The summed E-state index contributed by atoms with van der Waals surface area (Å²) in [7, 11) is 0. The highest BCUT2D eigenvalue weighted by Gasteiger charge is 2.10. The molecule has 0 amide bonds. The van der Waals surface area contributed by atoms with Crippen LogP contribution in [0.1, 0.15) is 27.7 Å². The zero-order valence-electron chi connectivity index (χ0n) is 7.57. The lowest BCUT2D eigenvalue weighted by Gasteiger charge is -2.26. The molecule has 0 aromatic heterocycles. The predicted molar refractivity (Wildman–Crippen MR) is 46.0 cm³/mol. The van der Waals surface area contributed by atoms with Gasteiger partial charge in [-0.25, -0.2) is 0 Å². The Morgan fingerprint density at radius 3 is 1.70 bits per heavy atom. The summed E-state index contributed by atoms with van der Waals surface area (Å²) in [5, 5.41) is 6.64. The molecule has 1 rings (SSSR count). The van der Waals surface area contributed by atoms with E-state index in [0.29, 0.717) is 6.17 Å². The summed E-state index contributed by atoms with van der Waals surface area (Å²) in [5.74, 6) is 0.797. The standard InChI is InChI=1S/C6H14N2.C2H6/c1-5-3-7-6(2)8-4-5;1-2/h5-8H,3-4H2,1-2H3;1-2H3. The van der Waals surface area contributed by atoms with E-state index in [1.54, 1.807) is 0 Å². The number of rotatable bonds is 0. The molecule has 0 atom stereocenters. The normalized spacial score (nSPS) is 32.4. The van der Waals surface area contributed by atoms with Crippen LogP contribution < -0.4 is 10.6 Å². The van der Waals surface area contributed by atoms with E-state index < -0.39 is 0 Å². The van der Waals surface area contributed by atoms with Crippen molar-refractivity contribution in [2.75, 3.05) is 13.1 Å². The van der Waals surface area contributed by atoms with Crippen molar-refractivity contribution in [1.82, 2.24) is 10.6 Å². The second kappa shape index (κ2) is 5.69. The van der Waals surface area contributed by atoms with Gasteiger partial charge >= 0.3 is 0 Å². The lowest BCUT2D eigenvalue weighted by Crippen LogP contribution is -2.50. The molecule has 1 aliphatic rings. The van der Waals surface area contributed by atoms with Gasteiger partial charge in [0.05, 0.1) is 6.17 Å². The number of hydrogen-bond donors (Lipinski definition) is 2. The van der Waals surface area contributed by atoms with Crippen LogP contribution in [0.25, 0.3) is 0 Å². The second-order valence-electron chi connectivity index (χ2n) is 2.64. The van der Waals surface area contributed by atoms with Gasteiger partial charge in [-0.15, -0.1) is 0 Å². The molecule has 0 spiro atoms. The smallest absolute Gasteiger partial charge is 0.0542 e. The maximum absolute atomic E-state index is 3.32. The van der Waals surface area contributed by atoms with Gasteiger partial charge < -0.3 is 10.6 Å². The molecule has 1 aliphatic heterocycles. The van der Waals surface area contributed by atoms with Crippen LogP contribution in [0.3, 0.4) is 0 Å². The molecule has 2 N–H and O–H groups in total. The average molecular weight is 144 g/mol. The summed E-state index contributed by atoms with van der Waals surface area (Å²) in [6.07, 6.45) is 0.520. The summed E-state index contributed by atoms with van der Waals surface area (Å²) in [4.78, 5) is 0. The molecule has 0 radical (unpaired) electrons. The number of nitrogens with one attached hydrogen (secondary N) is 2. The van der Waals surface area contributed by atoms with Crippen LogP contribution in [0.2, 0.25) is 0 Å². The largest absolute Gasteiger partial charge is 0.302 e. The summed E-state index contributed by atoms with van der Waals surface area (Å²) >= 11 is 0. The fraction of sp³-hybridized carbons (Fsp3) is 1.00. The zero-order chi connectivity index (χ0) is 7.98. The molecule has 0 unspecified atom stereocenters. The van der Waals surface area contributed by atoms with Crippen LogP contribution in [0, 0.1) is 5.92 Å². The molecule has 0 bridgehead atoms. The van der Waals surface area contributed by atoms with Gasteiger partial charge in [0, 0.05) is 13.1 Å². The first-order valence-electron chi connectivity index (χ1n) is 4.26. The van der Waals surface area contributed by atoms with E-state index in [-0.39, 0.29) is 0 Å². The molecule has 62 valence electrons. The maximum atomic E-state index is 3.32. The van der Waals surface area contributed by atoms with Gasteiger partial charge in [-0.3, -0.25) is 0 Å². The number of hydrogen-bond acceptors (Lipinski definition) is 2. The van der Waals surface area contributed by atoms with Crippen molar-refractivity contribution in [2.24, 2.45) is 5.92 Å². The third-order valence-electron chi connectivity index (χ3n) is 1.54. The van der Waals surface area contributed by atoms with Gasteiger partial charge in [-0.1, -0.05) is 20.8 Å². The highest BCUT2D eigenvalue weighted by Crippen LogP contribution is 1.95. The summed E-state index contributed by atoms with van der Waals surface area (Å²) in [6.45, 7) is 10.7. The van der Waals surface area contributed by atoms with Crippen molar-refractivity contribution >= 4 is 0 Å². The molecule has 1 heterocycles. The second-order valence-corrected chi connectivity index (χ2v) is 2.64. The topological polar surface area (TPSA) is 24.1 Å². The Balaban J connectivity index is 0.000000371. The van der Waals surface area contributed by atoms with Gasteiger partial charge in [-0.2, -0.15) is 0 Å². The first-order valence-corrected chi connectivity index (χ1v) is 4.26. The lowest BCUT2D eigenvalue weighted by atomic mass is 10.1. The minimum absolute atomic E-state index is 0.520. The van der Waals surface area contributed by atoms with Crippen molar-refractivity contribution in [3.63, 3.8) is 0 Å². The molecular formula is C8H20N2. The van der Waals surface area contributed by atoms with E-state index in [1.165, 1.54) is 0 Å². The summed E-state index contributed by atoms with van der Waals surface area (Å²) in [6, 6.07) is 0. The fourth-order valence-corrected chi connectivity index (χ4v) is 0.900. The quantitative estimate of drug-likeness (QED) is 0.533. The third-order valence-corrected chi connectivity index (χ3v) is 1.54. The van der Waals surface area contributed by atoms with Gasteiger partial charge in [0.15, 0.2) is 0 Å². The van der Waals surface area contributed by atoms with Crippen LogP contribution in [0.15, 0.2) is 0 Å². The van der Waals surface area contributed by atoms with Crippen molar-refractivity contribution in [3.05, 3.63) is 0 Å². The molecule has 0 saturated carbocycles. The first-order chi connectivity index (χ1) is 4.79. The van der Waals surface area contributed by atoms with Crippen molar-refractivity contribution < 1.29 is 0 Å². The molecule has 2 nitrogen and oxygen atoms in total. The third kappa shape index (κ3) is 3.85. The Morgan fingerprint density at radius 2 is 1.40 bits per heavy atom. The monoisotopic (exact) mass is 144 g/mol.